The van der Waals surface area contributed by atoms with E-state index in [0.29, 0.717) is 77.9 Å². The lowest BCUT2D eigenvalue weighted by Crippen LogP contribution is -2.45. The minimum atomic E-state index is -1.08. The number of benzene rings is 5. The average Bonchev–Trinajstić information content (AvgIpc) is 1.74. The Morgan fingerprint density at radius 2 is 0.695 bits per heavy atom. The van der Waals surface area contributed by atoms with Crippen molar-refractivity contribution < 1.29 is 124 Å². The molecule has 3 fully saturated rings. The van der Waals surface area contributed by atoms with Gasteiger partial charge >= 0.3 is 65.7 Å². The number of carboxylic acids is 1. The molecule has 3 aliphatic heterocycles. The molecule has 722 valence electrons. The summed E-state index contributed by atoms with van der Waals surface area (Å²) < 4.78 is 51.4. The van der Waals surface area contributed by atoms with Crippen LogP contribution in [0.4, 0.5) is 0 Å². The van der Waals surface area contributed by atoms with E-state index in [0.717, 1.165) is 52.4 Å². The van der Waals surface area contributed by atoms with Crippen LogP contribution in [0.5, 0.6) is 0 Å². The summed E-state index contributed by atoms with van der Waals surface area (Å²) in [6.07, 6.45) is 6.69. The van der Waals surface area contributed by atoms with Gasteiger partial charge in [0.1, 0.15) is 81.4 Å². The summed E-state index contributed by atoms with van der Waals surface area (Å²) in [7, 11) is 0. The van der Waals surface area contributed by atoms with Gasteiger partial charge in [0.05, 0.1) is 13.2 Å². The van der Waals surface area contributed by atoms with Gasteiger partial charge in [0.15, 0.2) is 0 Å². The summed E-state index contributed by atoms with van der Waals surface area (Å²) in [5.74, 6) is -5.82. The Hall–Kier alpha value is -11.6. The zero-order chi connectivity index (χ0) is 97.7. The largest absolute Gasteiger partial charge is 0.480 e. The number of halogens is 1. The molecule has 8 rings (SSSR count). The molecule has 32 nitrogen and oxygen atoms in total. The molecule has 0 bridgehead atoms. The number of amides is 4. The molecule has 0 saturated carbocycles. The lowest BCUT2D eigenvalue weighted by atomic mass is 10.1. The highest BCUT2D eigenvalue weighted by Crippen LogP contribution is 2.24. The van der Waals surface area contributed by atoms with Crippen LogP contribution < -0.4 is 16.8 Å². The first-order valence-corrected chi connectivity index (χ1v) is 45.6. The van der Waals surface area contributed by atoms with Gasteiger partial charge in [-0.05, 0) is 154 Å². The Balaban J connectivity index is 0.000000540. The number of likely N-dealkylation sites (tertiary alicyclic amines) is 3. The van der Waals surface area contributed by atoms with E-state index in [1.165, 1.54) is 14.7 Å². The molecular formula is C98H138BrN6O26+. The second kappa shape index (κ2) is 65.1. The number of hydrogen-bond acceptors (Lipinski definition) is 27. The van der Waals surface area contributed by atoms with Crippen molar-refractivity contribution in [3.63, 3.8) is 0 Å². The molecule has 5 aromatic rings. The monoisotopic (exact) mass is 1890 g/mol. The quantitative estimate of drug-likeness (QED) is 0.00925. The molecule has 5 aromatic carbocycles. The van der Waals surface area contributed by atoms with Gasteiger partial charge in [0.2, 0.25) is 29.2 Å². The fraction of sp³-hybridized carbons (Fsp3) is 0.531. The van der Waals surface area contributed by atoms with Gasteiger partial charge in [0.25, 0.3) is 0 Å². The van der Waals surface area contributed by atoms with Crippen LogP contribution in [0.2, 0.25) is 0 Å². The van der Waals surface area contributed by atoms with Crippen molar-refractivity contribution in [3.05, 3.63) is 186 Å². The Labute approximate surface area is 779 Å². The summed E-state index contributed by atoms with van der Waals surface area (Å²) in [5.41, 5.74) is 13.4. The number of carbonyl (C=O) groups excluding carboxylic acids is 14. The number of hydrogen-bond donors (Lipinski definition) is 4. The number of esters is 10. The maximum atomic E-state index is 12.5. The summed E-state index contributed by atoms with van der Waals surface area (Å²) in [4.78, 5) is 180. The van der Waals surface area contributed by atoms with Crippen molar-refractivity contribution >= 4 is 105 Å². The Bertz CT molecular complexity index is 4140. The molecule has 5 atom stereocenters. The van der Waals surface area contributed by atoms with Crippen LogP contribution in [0.25, 0.3) is 0 Å². The zero-order valence-electron chi connectivity index (χ0n) is 78.2. The molecule has 131 heavy (non-hydrogen) atoms. The van der Waals surface area contributed by atoms with Gasteiger partial charge in [-0.2, -0.15) is 0 Å². The van der Waals surface area contributed by atoms with E-state index < -0.39 is 101 Å². The Morgan fingerprint density at radius 1 is 0.405 bits per heavy atom. The minimum absolute atomic E-state index is 0.0203. The van der Waals surface area contributed by atoms with Crippen LogP contribution >= 0.6 is 15.9 Å². The number of carbonyl (C=O) groups is 15. The highest BCUT2D eigenvalue weighted by Gasteiger charge is 2.38. The molecule has 0 unspecified atom stereocenters. The lowest BCUT2D eigenvalue weighted by Gasteiger charge is -2.29. The average molecular weight is 1900 g/mol. The second-order valence-corrected chi connectivity index (χ2v) is 33.4. The number of primary amides is 1. The molecule has 6 N–H and O–H groups in total. The fourth-order valence-electron chi connectivity index (χ4n) is 12.3. The maximum Gasteiger partial charge on any atom is 0.329 e. The van der Waals surface area contributed by atoms with Crippen molar-refractivity contribution in [2.75, 3.05) is 44.7 Å². The Kier molecular flexibility index (Phi) is 57.4. The van der Waals surface area contributed by atoms with Crippen LogP contribution in [0, 0.1) is 6.92 Å². The van der Waals surface area contributed by atoms with E-state index in [1.54, 1.807) is 62.3 Å². The van der Waals surface area contributed by atoms with E-state index in [9.17, 15) is 77.0 Å². The van der Waals surface area contributed by atoms with Gasteiger partial charge in [-0.1, -0.05) is 181 Å². The molecule has 3 heterocycles. The molecule has 3 saturated heterocycles. The number of ether oxygens (including phenoxy) is 10. The van der Waals surface area contributed by atoms with Crippen molar-refractivity contribution in [2.24, 2.45) is 11.5 Å². The number of nitrogens with two attached hydrogens (primary N) is 2. The number of carboxylic acid groups (broad SMARTS) is 1. The van der Waals surface area contributed by atoms with Gasteiger partial charge in [-0.3, -0.25) is 62.3 Å². The van der Waals surface area contributed by atoms with Gasteiger partial charge in [-0.15, -0.1) is 0 Å². The summed E-state index contributed by atoms with van der Waals surface area (Å²) in [6, 6.07) is 42.8. The van der Waals surface area contributed by atoms with Gasteiger partial charge in [0, 0.05) is 103 Å². The number of aliphatic carboxylic acids is 1. The predicted octanol–water partition coefficient (Wildman–Crippen LogP) is 13.3. The van der Waals surface area contributed by atoms with E-state index in [1.807, 2.05) is 172 Å². The fourth-order valence-corrected chi connectivity index (χ4v) is 12.6. The molecule has 0 spiro atoms. The first-order valence-electron chi connectivity index (χ1n) is 44.5. The minimum Gasteiger partial charge on any atom is -0.480 e. The van der Waals surface area contributed by atoms with E-state index in [2.05, 4.69) is 32.9 Å². The van der Waals surface area contributed by atoms with Crippen molar-refractivity contribution in [3.8, 4) is 0 Å². The third-order valence-corrected chi connectivity index (χ3v) is 19.1. The van der Waals surface area contributed by atoms with Crippen LogP contribution in [0.3, 0.4) is 0 Å². The molecular weight excluding hydrogens is 1760 g/mol. The van der Waals surface area contributed by atoms with Crippen LogP contribution in [-0.2, 0) is 152 Å². The maximum absolute atomic E-state index is 12.5. The third kappa shape index (κ3) is 54.0. The van der Waals surface area contributed by atoms with Crippen molar-refractivity contribution in [2.45, 2.75) is 292 Å². The predicted molar refractivity (Wildman–Crippen MR) is 492 cm³/mol. The Morgan fingerprint density at radius 3 is 0.992 bits per heavy atom. The highest BCUT2D eigenvalue weighted by molar-refractivity contribution is 9.09. The number of alkyl halides is 1. The highest BCUT2D eigenvalue weighted by atomic mass is 79.9. The summed E-state index contributed by atoms with van der Waals surface area (Å²) >= 11 is 3.22. The normalized spacial score (nSPS) is 13.7. The summed E-state index contributed by atoms with van der Waals surface area (Å²) in [5, 5.41) is 13.2. The number of nitrogens with one attached hydrogen (secondary N) is 1. The SMILES string of the molecule is CC.CC(C)(C)OC(=O)[C@@H](CCC(=O)OCc1ccccc1)N1CCCC1=O.CCOC(=O)CCCBr.CCOC(=O)CCCN[C@H](CCC(=O)OCc1ccccc1)C(=O)OC(C)(C)C.NC(=O)[C@@H](CCC(=O)OCc1ccccc1)N1CCCC1=O.O=C(CC[C@H](C(=O)O)N1CCCC1=O)OCc1ccccc1.[CH2+]C(C)(C)OC(=O)[C@H](N)CCC(=O)OCc1ccccc1. The molecule has 3 aliphatic rings. The third-order valence-electron chi connectivity index (χ3n) is 18.6. The molecule has 4 amide bonds. The van der Waals surface area contributed by atoms with Gasteiger partial charge in [-0.25, -0.2) is 9.59 Å². The second-order valence-electron chi connectivity index (χ2n) is 32.7. The van der Waals surface area contributed by atoms with E-state index in [4.69, 9.17) is 54.1 Å². The standard InChI is InChI=1S/C22H33NO6.C20H27NO5.C16H20N2O4.C16H19NO5.C16H22NO4.C6H11BrO2.C2H6/c1-5-27-19(24)12-9-15-23-18(21(26)29-22(2,3)4)13-14-20(25)28-16-17-10-7-6-8-11-17;1-20(2,3)26-19(24)16(21-13-7-10-17(21)22)11-12-18(23)25-14-15-8-5-4-6-9-15;17-16(21)13(18-10-4-7-14(18)19)8-9-15(20)22-11-12-5-2-1-3-6-12;18-14-7-4-10-17(14)13(16(20)21)8-9-15(19)22-11-12-5-2-1-3-6-12;1-16(2,3)21-15(19)13(17)9-10-14(18)20-11-12-7-5-4-6-8-12;1-2-9-6(8)4-3-5-7;1-2/h6-8,10-11,18,23H,5,9,12-16H2,1-4H3;4-6,8-9,16H,7,10-14H2,1-3H3;1-3,5-6,13H,4,7-11H2,(H2,17,21);1-3,5-6,13H,4,7-11H2,(H,20,21);4-8,13H,1,9-11,17H2,2-3H3;2-5H2,1H3;1-2H3/q;;;;+1;;/t18-;16-;3*13-;;/m11111../s1. The topological polar surface area (TPSA) is 442 Å². The zero-order valence-corrected chi connectivity index (χ0v) is 79.8. The van der Waals surface area contributed by atoms with E-state index in [-0.39, 0.29) is 139 Å². The van der Waals surface area contributed by atoms with Crippen LogP contribution in [-0.4, -0.2) is 201 Å². The summed E-state index contributed by atoms with van der Waals surface area (Å²) in [6.45, 7) is 29.0. The van der Waals surface area contributed by atoms with Crippen LogP contribution in [0.15, 0.2) is 152 Å². The van der Waals surface area contributed by atoms with Crippen molar-refractivity contribution in [1.82, 2.24) is 20.0 Å². The molecule has 33 heteroatoms. The van der Waals surface area contributed by atoms with Crippen molar-refractivity contribution in [1.29, 1.82) is 0 Å². The molecule has 0 aliphatic carbocycles. The van der Waals surface area contributed by atoms with Crippen LogP contribution in [0.1, 0.15) is 239 Å². The smallest absolute Gasteiger partial charge is 0.329 e. The molecule has 0 aromatic heterocycles. The van der Waals surface area contributed by atoms with E-state index >= 15 is 0 Å². The first-order chi connectivity index (χ1) is 62.2. The number of rotatable bonds is 44. The van der Waals surface area contributed by atoms with Gasteiger partial charge < -0.3 is 84.0 Å². The first kappa shape index (κ1) is 115. The number of nitrogens with zero attached hydrogens (tertiary/aromatic N) is 3. The lowest BCUT2D eigenvalue weighted by molar-refractivity contribution is -0.164. The molecule has 0 radical (unpaired) electrons.